The highest BCUT2D eigenvalue weighted by Crippen LogP contribution is 2.07. The van der Waals surface area contributed by atoms with Crippen molar-refractivity contribution in [1.82, 2.24) is 0 Å². The van der Waals surface area contributed by atoms with Crippen molar-refractivity contribution in [2.45, 2.75) is 12.8 Å². The summed E-state index contributed by atoms with van der Waals surface area (Å²) in [5.41, 5.74) is 0. The van der Waals surface area contributed by atoms with Crippen LogP contribution in [0.2, 0.25) is 0 Å². The first kappa shape index (κ1) is 9.43. The van der Waals surface area contributed by atoms with Gasteiger partial charge in [-0.05, 0) is 0 Å². The van der Waals surface area contributed by atoms with E-state index in [-0.39, 0.29) is 6.42 Å². The number of carbonyl (C=O) groups is 2. The Bertz CT molecular complexity index is 205. The van der Waals surface area contributed by atoms with Gasteiger partial charge in [-0.2, -0.15) is 5.26 Å². The summed E-state index contributed by atoms with van der Waals surface area (Å²) in [7, 11) is 0. The largest absolute Gasteiger partial charge is 0.481 e. The molecule has 60 valence electrons. The molecule has 0 amide bonds. The molecule has 0 aliphatic rings. The number of nitriles is 1. The van der Waals surface area contributed by atoms with Gasteiger partial charge in [-0.3, -0.25) is 9.59 Å². The van der Waals surface area contributed by atoms with Crippen molar-refractivity contribution < 1.29 is 19.8 Å². The summed E-state index contributed by atoms with van der Waals surface area (Å²) in [6, 6.07) is 1.61. The second kappa shape index (κ2) is 4.28. The first-order valence-corrected chi connectivity index (χ1v) is 2.89. The zero-order valence-corrected chi connectivity index (χ0v) is 5.65. The van der Waals surface area contributed by atoms with Gasteiger partial charge in [0.25, 0.3) is 0 Å². The van der Waals surface area contributed by atoms with Crippen molar-refractivity contribution in [2.24, 2.45) is 5.92 Å². The van der Waals surface area contributed by atoms with E-state index < -0.39 is 24.3 Å². The molecule has 5 nitrogen and oxygen atoms in total. The predicted molar refractivity (Wildman–Crippen MR) is 33.6 cm³/mol. The summed E-state index contributed by atoms with van der Waals surface area (Å²) < 4.78 is 0. The van der Waals surface area contributed by atoms with Crippen LogP contribution in [0.3, 0.4) is 0 Å². The molecule has 0 fully saturated rings. The van der Waals surface area contributed by atoms with Gasteiger partial charge in [0.15, 0.2) is 0 Å². The Morgan fingerprint density at radius 3 is 2.27 bits per heavy atom. The Hall–Kier alpha value is -1.57. The van der Waals surface area contributed by atoms with E-state index in [4.69, 9.17) is 15.5 Å². The number of hydrogen-bond acceptors (Lipinski definition) is 3. The van der Waals surface area contributed by atoms with Crippen molar-refractivity contribution in [3.63, 3.8) is 0 Å². The van der Waals surface area contributed by atoms with Gasteiger partial charge in [0.1, 0.15) is 0 Å². The average molecular weight is 157 g/mol. The molecular formula is C6H7NO4. The zero-order valence-electron chi connectivity index (χ0n) is 5.65. The van der Waals surface area contributed by atoms with Gasteiger partial charge in [0.05, 0.1) is 18.4 Å². The molecule has 2 N–H and O–H groups in total. The van der Waals surface area contributed by atoms with Crippen LogP contribution in [0.25, 0.3) is 0 Å². The highest BCUT2D eigenvalue weighted by molar-refractivity contribution is 5.77. The predicted octanol–water partition coefficient (Wildman–Crippen LogP) is 0.0756. The van der Waals surface area contributed by atoms with Crippen LogP contribution >= 0.6 is 0 Å². The lowest BCUT2D eigenvalue weighted by Gasteiger charge is -2.02. The third kappa shape index (κ3) is 3.92. The topological polar surface area (TPSA) is 98.4 Å². The molecule has 0 saturated heterocycles. The number of hydrogen-bond donors (Lipinski definition) is 2. The van der Waals surface area contributed by atoms with E-state index in [0.717, 1.165) is 0 Å². The van der Waals surface area contributed by atoms with Gasteiger partial charge in [-0.15, -0.1) is 0 Å². The lowest BCUT2D eigenvalue weighted by Crippen LogP contribution is -2.16. The molecule has 0 spiro atoms. The molecule has 0 aliphatic heterocycles. The second-order valence-corrected chi connectivity index (χ2v) is 2.00. The van der Waals surface area contributed by atoms with E-state index in [0.29, 0.717) is 0 Å². The molecule has 0 aromatic heterocycles. The smallest absolute Gasteiger partial charge is 0.308 e. The summed E-state index contributed by atoms with van der Waals surface area (Å²) in [5, 5.41) is 24.6. The van der Waals surface area contributed by atoms with E-state index in [1.807, 2.05) is 0 Å². The summed E-state index contributed by atoms with van der Waals surface area (Å²) >= 11 is 0. The SMILES string of the molecule is N#CCC(CC(=O)O)C(=O)O. The van der Waals surface area contributed by atoms with Crippen LogP contribution in [-0.4, -0.2) is 22.2 Å². The van der Waals surface area contributed by atoms with E-state index in [9.17, 15) is 9.59 Å². The molecule has 11 heavy (non-hydrogen) atoms. The maximum Gasteiger partial charge on any atom is 0.308 e. The molecule has 0 rings (SSSR count). The van der Waals surface area contributed by atoms with Crippen LogP contribution in [0.1, 0.15) is 12.8 Å². The summed E-state index contributed by atoms with van der Waals surface area (Å²) in [6.07, 6.45) is -0.759. The van der Waals surface area contributed by atoms with E-state index in [2.05, 4.69) is 0 Å². The van der Waals surface area contributed by atoms with E-state index in [1.54, 1.807) is 6.07 Å². The third-order valence-electron chi connectivity index (χ3n) is 1.11. The minimum atomic E-state index is -1.24. The van der Waals surface area contributed by atoms with Crippen LogP contribution in [0.4, 0.5) is 0 Å². The Balaban J connectivity index is 4.02. The van der Waals surface area contributed by atoms with Crippen LogP contribution in [0.5, 0.6) is 0 Å². The first-order chi connectivity index (χ1) is 5.07. The van der Waals surface area contributed by atoms with Crippen LogP contribution in [0, 0.1) is 17.2 Å². The van der Waals surface area contributed by atoms with E-state index >= 15 is 0 Å². The van der Waals surface area contributed by atoms with Crippen molar-refractivity contribution in [3.8, 4) is 6.07 Å². The number of nitrogens with zero attached hydrogens (tertiary/aromatic N) is 1. The molecule has 0 aromatic carbocycles. The van der Waals surface area contributed by atoms with Crippen LogP contribution < -0.4 is 0 Å². The minimum Gasteiger partial charge on any atom is -0.481 e. The normalized spacial score (nSPS) is 11.5. The molecule has 0 aromatic rings. The fraction of sp³-hybridized carbons (Fsp3) is 0.500. The first-order valence-electron chi connectivity index (χ1n) is 2.89. The van der Waals surface area contributed by atoms with Crippen molar-refractivity contribution in [1.29, 1.82) is 5.26 Å². The highest BCUT2D eigenvalue weighted by Gasteiger charge is 2.19. The van der Waals surface area contributed by atoms with Gasteiger partial charge in [0, 0.05) is 6.42 Å². The number of aliphatic carboxylic acids is 2. The fourth-order valence-electron chi connectivity index (χ4n) is 0.568. The van der Waals surface area contributed by atoms with Crippen molar-refractivity contribution in [2.75, 3.05) is 0 Å². The Kier molecular flexibility index (Phi) is 3.67. The molecule has 1 unspecified atom stereocenters. The Morgan fingerprint density at radius 1 is 1.45 bits per heavy atom. The van der Waals surface area contributed by atoms with E-state index in [1.165, 1.54) is 0 Å². The summed E-state index contributed by atoms with van der Waals surface area (Å²) in [4.78, 5) is 20.2. The summed E-state index contributed by atoms with van der Waals surface area (Å²) in [6.45, 7) is 0. The van der Waals surface area contributed by atoms with Crippen molar-refractivity contribution in [3.05, 3.63) is 0 Å². The fourth-order valence-corrected chi connectivity index (χ4v) is 0.568. The Morgan fingerprint density at radius 2 is 2.00 bits per heavy atom. The number of carboxylic acid groups (broad SMARTS) is 2. The maximum atomic E-state index is 10.2. The Labute approximate surface area is 62.9 Å². The lowest BCUT2D eigenvalue weighted by molar-refractivity contribution is -0.148. The van der Waals surface area contributed by atoms with Crippen LogP contribution in [-0.2, 0) is 9.59 Å². The number of carboxylic acids is 2. The molecular weight excluding hydrogens is 150 g/mol. The molecule has 0 radical (unpaired) electrons. The molecule has 0 saturated carbocycles. The van der Waals surface area contributed by atoms with Gasteiger partial charge < -0.3 is 10.2 Å². The molecule has 0 bridgehead atoms. The molecule has 1 atom stereocenters. The molecule has 5 heteroatoms. The second-order valence-electron chi connectivity index (χ2n) is 2.00. The summed E-state index contributed by atoms with van der Waals surface area (Å²) in [5.74, 6) is -3.53. The quantitative estimate of drug-likeness (QED) is 0.601. The zero-order chi connectivity index (χ0) is 8.85. The molecule has 0 heterocycles. The third-order valence-corrected chi connectivity index (χ3v) is 1.11. The van der Waals surface area contributed by atoms with Gasteiger partial charge >= 0.3 is 11.9 Å². The van der Waals surface area contributed by atoms with Gasteiger partial charge in [-0.1, -0.05) is 0 Å². The maximum absolute atomic E-state index is 10.2. The highest BCUT2D eigenvalue weighted by atomic mass is 16.4. The minimum absolute atomic E-state index is 0.262. The molecule has 0 aliphatic carbocycles. The van der Waals surface area contributed by atoms with Crippen molar-refractivity contribution >= 4 is 11.9 Å². The van der Waals surface area contributed by atoms with Gasteiger partial charge in [0.2, 0.25) is 0 Å². The van der Waals surface area contributed by atoms with Crippen LogP contribution in [0.15, 0.2) is 0 Å². The lowest BCUT2D eigenvalue weighted by atomic mass is 10.0. The monoisotopic (exact) mass is 157 g/mol. The average Bonchev–Trinajstić information content (AvgIpc) is 1.86. The standard InChI is InChI=1S/C6H7NO4/c7-2-1-4(6(10)11)3-5(8)9/h4H,1,3H2,(H,8,9)(H,10,11). The van der Waals surface area contributed by atoms with Gasteiger partial charge in [-0.25, -0.2) is 0 Å². The number of rotatable bonds is 4.